The van der Waals surface area contributed by atoms with Crippen molar-refractivity contribution in [3.05, 3.63) is 66.4 Å². The summed E-state index contributed by atoms with van der Waals surface area (Å²) < 4.78 is 25.7. The molecule has 0 N–H and O–H groups in total. The molecule has 2 aromatic heterocycles. The van der Waals surface area contributed by atoms with Crippen LogP contribution in [0.1, 0.15) is 12.2 Å². The fourth-order valence-electron chi connectivity index (χ4n) is 2.87. The van der Waals surface area contributed by atoms with E-state index < -0.39 is 0 Å². The minimum absolute atomic E-state index is 0.157. The van der Waals surface area contributed by atoms with E-state index in [9.17, 15) is 9.18 Å². The van der Waals surface area contributed by atoms with Crippen LogP contribution in [0.15, 0.2) is 59.3 Å². The molecule has 4 rings (SSSR count). The number of imidazole rings is 1. The van der Waals surface area contributed by atoms with Gasteiger partial charge in [-0.1, -0.05) is 12.1 Å². The Labute approximate surface area is 154 Å². The highest BCUT2D eigenvalue weighted by Crippen LogP contribution is 2.28. The zero-order chi connectivity index (χ0) is 18.8. The number of esters is 1. The van der Waals surface area contributed by atoms with E-state index in [1.165, 1.54) is 19.2 Å². The summed E-state index contributed by atoms with van der Waals surface area (Å²) in [6.45, 7) is 0. The highest BCUT2D eigenvalue weighted by Gasteiger charge is 2.19. The Kier molecular flexibility index (Phi) is 4.42. The number of halogens is 1. The Morgan fingerprint density at radius 2 is 1.96 bits per heavy atom. The summed E-state index contributed by atoms with van der Waals surface area (Å²) in [7, 11) is 1.34. The van der Waals surface area contributed by atoms with Crippen LogP contribution in [0.4, 0.5) is 4.39 Å². The van der Waals surface area contributed by atoms with Gasteiger partial charge in [0.25, 0.3) is 0 Å². The van der Waals surface area contributed by atoms with E-state index in [4.69, 9.17) is 9.15 Å². The third kappa shape index (κ3) is 3.31. The second-order valence-electron chi connectivity index (χ2n) is 5.95. The number of rotatable bonds is 5. The van der Waals surface area contributed by atoms with Crippen molar-refractivity contribution in [3.63, 3.8) is 0 Å². The molecule has 0 unspecified atom stereocenters. The summed E-state index contributed by atoms with van der Waals surface area (Å²) in [5.41, 5.74) is 2.93. The molecule has 0 aliphatic carbocycles. The van der Waals surface area contributed by atoms with Gasteiger partial charge < -0.3 is 9.15 Å². The van der Waals surface area contributed by atoms with Crippen molar-refractivity contribution in [1.82, 2.24) is 14.5 Å². The average molecular weight is 365 g/mol. The maximum atomic E-state index is 13.3. The maximum Gasteiger partial charge on any atom is 0.308 e. The zero-order valence-corrected chi connectivity index (χ0v) is 14.6. The van der Waals surface area contributed by atoms with Crippen LogP contribution in [0, 0.1) is 5.82 Å². The van der Waals surface area contributed by atoms with Gasteiger partial charge in [-0.3, -0.25) is 9.36 Å². The summed E-state index contributed by atoms with van der Waals surface area (Å²) >= 11 is 0. The van der Waals surface area contributed by atoms with Gasteiger partial charge in [0, 0.05) is 12.0 Å². The van der Waals surface area contributed by atoms with Crippen LogP contribution < -0.4 is 0 Å². The first-order valence-electron chi connectivity index (χ1n) is 8.40. The van der Waals surface area contributed by atoms with Crippen LogP contribution in [0.3, 0.4) is 0 Å². The van der Waals surface area contributed by atoms with Crippen LogP contribution in [-0.4, -0.2) is 27.6 Å². The normalized spacial score (nSPS) is 11.0. The number of carbonyl (C=O) groups excluding carboxylic acids is 1. The first kappa shape index (κ1) is 17.0. The predicted molar refractivity (Wildman–Crippen MR) is 96.9 cm³/mol. The summed E-state index contributed by atoms with van der Waals surface area (Å²) in [5, 5.41) is 0. The number of aryl methyl sites for hydroxylation is 1. The van der Waals surface area contributed by atoms with Crippen molar-refractivity contribution in [2.45, 2.75) is 12.8 Å². The molecule has 0 aliphatic heterocycles. The number of benzene rings is 2. The minimum atomic E-state index is -0.342. The van der Waals surface area contributed by atoms with Crippen molar-refractivity contribution in [2.75, 3.05) is 7.11 Å². The van der Waals surface area contributed by atoms with Gasteiger partial charge >= 0.3 is 12.0 Å². The monoisotopic (exact) mass is 365 g/mol. The van der Waals surface area contributed by atoms with E-state index in [2.05, 4.69) is 9.97 Å². The largest absolute Gasteiger partial charge is 0.469 e. The third-order valence-corrected chi connectivity index (χ3v) is 4.25. The van der Waals surface area contributed by atoms with E-state index in [0.29, 0.717) is 29.5 Å². The standard InChI is InChI=1S/C20H16FN3O3/c1-26-18(25)11-10-17-19(13-6-8-14(21)9-7-13)23-20(27-17)24-12-22-15-4-2-3-5-16(15)24/h2-9,12H,10-11H2,1H3. The van der Waals surface area contributed by atoms with Crippen LogP contribution in [0.5, 0.6) is 0 Å². The number of fused-ring (bicyclic) bond motifs is 1. The topological polar surface area (TPSA) is 70.2 Å². The molecule has 0 spiro atoms. The van der Waals surface area contributed by atoms with E-state index in [1.807, 2.05) is 24.3 Å². The number of carbonyl (C=O) groups is 1. The smallest absolute Gasteiger partial charge is 0.308 e. The van der Waals surface area contributed by atoms with Crippen molar-refractivity contribution in [2.24, 2.45) is 0 Å². The van der Waals surface area contributed by atoms with Gasteiger partial charge in [-0.15, -0.1) is 0 Å². The third-order valence-electron chi connectivity index (χ3n) is 4.25. The highest BCUT2D eigenvalue weighted by atomic mass is 19.1. The summed E-state index contributed by atoms with van der Waals surface area (Å²) in [6.07, 6.45) is 2.11. The molecule has 27 heavy (non-hydrogen) atoms. The lowest BCUT2D eigenvalue weighted by Gasteiger charge is -2.01. The molecule has 0 bridgehead atoms. The number of nitrogens with zero attached hydrogens (tertiary/aromatic N) is 3. The average Bonchev–Trinajstić information content (AvgIpc) is 3.30. The molecule has 2 heterocycles. The molecular weight excluding hydrogens is 349 g/mol. The molecule has 0 saturated carbocycles. The van der Waals surface area contributed by atoms with Gasteiger partial charge in [-0.05, 0) is 36.4 Å². The molecule has 136 valence electrons. The number of oxazole rings is 1. The Hall–Kier alpha value is -3.48. The maximum absolute atomic E-state index is 13.3. The van der Waals surface area contributed by atoms with Crippen LogP contribution in [0.25, 0.3) is 28.3 Å². The van der Waals surface area contributed by atoms with Gasteiger partial charge in [0.15, 0.2) is 0 Å². The Bertz CT molecular complexity index is 1100. The van der Waals surface area contributed by atoms with Gasteiger partial charge in [0.1, 0.15) is 23.6 Å². The lowest BCUT2D eigenvalue weighted by molar-refractivity contribution is -0.140. The number of ether oxygens (including phenoxy) is 1. The number of methoxy groups -OCH3 is 1. The van der Waals surface area contributed by atoms with Gasteiger partial charge in [-0.25, -0.2) is 9.37 Å². The number of aromatic nitrogens is 3. The molecule has 0 aliphatic rings. The van der Waals surface area contributed by atoms with Gasteiger partial charge in [0.05, 0.1) is 24.6 Å². The molecule has 7 heteroatoms. The summed E-state index contributed by atoms with van der Waals surface area (Å²) in [6, 6.07) is 13.9. The molecular formula is C20H16FN3O3. The Morgan fingerprint density at radius 1 is 1.19 bits per heavy atom. The van der Waals surface area contributed by atoms with E-state index in [0.717, 1.165) is 11.0 Å². The van der Waals surface area contributed by atoms with Crippen molar-refractivity contribution < 1.29 is 18.3 Å². The highest BCUT2D eigenvalue weighted by molar-refractivity contribution is 5.76. The predicted octanol–water partition coefficient (Wildman–Crippen LogP) is 3.93. The molecule has 0 amide bonds. The second-order valence-corrected chi connectivity index (χ2v) is 5.95. The molecule has 2 aromatic carbocycles. The molecule has 0 saturated heterocycles. The first-order valence-corrected chi connectivity index (χ1v) is 8.40. The zero-order valence-electron chi connectivity index (χ0n) is 14.6. The fourth-order valence-corrected chi connectivity index (χ4v) is 2.87. The van der Waals surface area contributed by atoms with Crippen LogP contribution in [-0.2, 0) is 16.0 Å². The molecule has 0 fully saturated rings. The molecule has 0 radical (unpaired) electrons. The Morgan fingerprint density at radius 3 is 2.74 bits per heavy atom. The van der Waals surface area contributed by atoms with Crippen molar-refractivity contribution >= 4 is 17.0 Å². The first-order chi connectivity index (χ1) is 13.2. The lowest BCUT2D eigenvalue weighted by Crippen LogP contribution is -2.02. The molecule has 0 atom stereocenters. The van der Waals surface area contributed by atoms with Crippen molar-refractivity contribution in [1.29, 1.82) is 0 Å². The fraction of sp³-hybridized carbons (Fsp3) is 0.150. The summed E-state index contributed by atoms with van der Waals surface area (Å²) in [5.74, 6) is -0.148. The number of para-hydroxylation sites is 2. The van der Waals surface area contributed by atoms with Crippen LogP contribution >= 0.6 is 0 Å². The van der Waals surface area contributed by atoms with Gasteiger partial charge in [-0.2, -0.15) is 4.98 Å². The molecule has 6 nitrogen and oxygen atoms in total. The summed E-state index contributed by atoms with van der Waals surface area (Å²) in [4.78, 5) is 20.5. The van der Waals surface area contributed by atoms with E-state index >= 15 is 0 Å². The minimum Gasteiger partial charge on any atom is -0.469 e. The second kappa shape index (κ2) is 7.03. The molecule has 4 aromatic rings. The lowest BCUT2D eigenvalue weighted by atomic mass is 10.1. The van der Waals surface area contributed by atoms with Gasteiger partial charge in [0.2, 0.25) is 0 Å². The van der Waals surface area contributed by atoms with E-state index in [-0.39, 0.29) is 18.2 Å². The Balaban J connectivity index is 1.79. The SMILES string of the molecule is COC(=O)CCc1oc(-n2cnc3ccccc32)nc1-c1ccc(F)cc1. The van der Waals surface area contributed by atoms with Crippen LogP contribution in [0.2, 0.25) is 0 Å². The quantitative estimate of drug-likeness (QED) is 0.501. The van der Waals surface area contributed by atoms with E-state index in [1.54, 1.807) is 23.0 Å². The van der Waals surface area contributed by atoms with Crippen molar-refractivity contribution in [3.8, 4) is 17.3 Å². The number of hydrogen-bond acceptors (Lipinski definition) is 5. The number of hydrogen-bond donors (Lipinski definition) is 0.